The van der Waals surface area contributed by atoms with Crippen LogP contribution in [0.25, 0.3) is 0 Å². The van der Waals surface area contributed by atoms with Gasteiger partial charge in [-0.05, 0) is 50.1 Å². The first kappa shape index (κ1) is 19.9. The van der Waals surface area contributed by atoms with Crippen LogP contribution in [-0.2, 0) is 19.1 Å². The Balaban J connectivity index is 2.19. The van der Waals surface area contributed by atoms with Crippen molar-refractivity contribution in [3.63, 3.8) is 0 Å². The number of ether oxygens (including phenoxy) is 2. The Morgan fingerprint density at radius 3 is 2.11 bits per heavy atom. The molecule has 2 aromatic rings. The number of hydrogen-bond donors (Lipinski definition) is 0. The van der Waals surface area contributed by atoms with Crippen molar-refractivity contribution in [2.24, 2.45) is 0 Å². The molecule has 1 unspecified atom stereocenters. The van der Waals surface area contributed by atoms with Crippen molar-refractivity contribution in [2.45, 2.75) is 31.7 Å². The van der Waals surface area contributed by atoms with Gasteiger partial charge in [-0.15, -0.1) is 0 Å². The van der Waals surface area contributed by atoms with Crippen LogP contribution in [0.15, 0.2) is 54.6 Å². The molecule has 0 amide bonds. The van der Waals surface area contributed by atoms with Crippen molar-refractivity contribution in [3.05, 3.63) is 66.0 Å². The van der Waals surface area contributed by atoms with Gasteiger partial charge in [-0.1, -0.05) is 30.3 Å². The van der Waals surface area contributed by atoms with Crippen molar-refractivity contribution in [1.29, 1.82) is 0 Å². The Hall–Kier alpha value is -2.89. The molecule has 3 rings (SSSR count). The molecule has 6 heteroatoms. The van der Waals surface area contributed by atoms with Gasteiger partial charge in [-0.25, -0.2) is 14.0 Å². The van der Waals surface area contributed by atoms with Crippen LogP contribution in [0.3, 0.4) is 0 Å². The van der Waals surface area contributed by atoms with E-state index in [-0.39, 0.29) is 19.0 Å². The second kappa shape index (κ2) is 8.42. The number of benzene rings is 2. The number of nitrogens with zero attached hydrogens (tertiary/aromatic N) is 1. The molecule has 0 aliphatic carbocycles. The zero-order valence-corrected chi connectivity index (χ0v) is 16.1. The summed E-state index contributed by atoms with van der Waals surface area (Å²) in [6.45, 7) is 4.11. The third-order valence-corrected chi connectivity index (χ3v) is 5.08. The molecular formula is C22H24FNO4. The zero-order chi connectivity index (χ0) is 20.1. The Bertz CT molecular complexity index is 804. The summed E-state index contributed by atoms with van der Waals surface area (Å²) in [7, 11) is 0. The number of carbonyl (C=O) groups excluding carboxylic acids is 2. The van der Waals surface area contributed by atoms with E-state index in [0.717, 1.165) is 5.56 Å². The fourth-order valence-corrected chi connectivity index (χ4v) is 3.95. The maximum atomic E-state index is 13.5. The minimum Gasteiger partial charge on any atom is -0.464 e. The molecule has 0 saturated carbocycles. The first-order chi connectivity index (χ1) is 13.6. The molecule has 1 aliphatic rings. The molecule has 1 saturated heterocycles. The zero-order valence-electron chi connectivity index (χ0n) is 16.1. The average molecular weight is 385 g/mol. The van der Waals surface area contributed by atoms with Gasteiger partial charge < -0.3 is 14.4 Å². The predicted octanol–water partition coefficient (Wildman–Crippen LogP) is 3.68. The monoisotopic (exact) mass is 385 g/mol. The van der Waals surface area contributed by atoms with Crippen LogP contribution in [-0.4, -0.2) is 37.2 Å². The van der Waals surface area contributed by atoms with E-state index < -0.39 is 23.4 Å². The van der Waals surface area contributed by atoms with E-state index in [1.807, 2.05) is 30.3 Å². The van der Waals surface area contributed by atoms with Crippen LogP contribution >= 0.6 is 0 Å². The van der Waals surface area contributed by atoms with Crippen molar-refractivity contribution in [1.82, 2.24) is 0 Å². The first-order valence-electron chi connectivity index (χ1n) is 9.48. The molecule has 0 radical (unpaired) electrons. The normalized spacial score (nSPS) is 18.0. The molecule has 28 heavy (non-hydrogen) atoms. The molecule has 1 aliphatic heterocycles. The molecule has 5 nitrogen and oxygen atoms in total. The van der Waals surface area contributed by atoms with Gasteiger partial charge in [0.2, 0.25) is 5.54 Å². The molecule has 1 fully saturated rings. The van der Waals surface area contributed by atoms with Crippen molar-refractivity contribution < 1.29 is 23.5 Å². The fourth-order valence-electron chi connectivity index (χ4n) is 3.95. The van der Waals surface area contributed by atoms with Gasteiger partial charge in [-0.2, -0.15) is 0 Å². The number of esters is 2. The summed E-state index contributed by atoms with van der Waals surface area (Å²) in [6, 6.07) is 15.2. The standard InChI is InChI=1S/C22H24FNO4/c1-3-27-20(25)22(21(26)28-4-2)19(16-8-6-5-7-9-16)14-15-24(22)18-12-10-17(23)11-13-18/h5-13,19H,3-4,14-15H2,1-2H3. The van der Waals surface area contributed by atoms with E-state index in [1.54, 1.807) is 30.9 Å². The minimum atomic E-state index is -1.66. The van der Waals surface area contributed by atoms with Crippen molar-refractivity contribution in [3.8, 4) is 0 Å². The quantitative estimate of drug-likeness (QED) is 0.561. The highest BCUT2D eigenvalue weighted by atomic mass is 19.1. The molecule has 1 atom stereocenters. The second-order valence-corrected chi connectivity index (χ2v) is 6.59. The van der Waals surface area contributed by atoms with Crippen LogP contribution in [0.2, 0.25) is 0 Å². The van der Waals surface area contributed by atoms with Crippen LogP contribution in [0, 0.1) is 5.82 Å². The summed E-state index contributed by atoms with van der Waals surface area (Å²) in [5.41, 5.74) is -0.236. The molecule has 0 bridgehead atoms. The SMILES string of the molecule is CCOC(=O)C1(C(=O)OCC)C(c2ccccc2)CCN1c1ccc(F)cc1. The lowest BCUT2D eigenvalue weighted by atomic mass is 9.79. The van der Waals surface area contributed by atoms with Crippen molar-refractivity contribution in [2.75, 3.05) is 24.7 Å². The van der Waals surface area contributed by atoms with E-state index in [1.165, 1.54) is 12.1 Å². The molecular weight excluding hydrogens is 361 g/mol. The molecule has 0 aromatic heterocycles. The second-order valence-electron chi connectivity index (χ2n) is 6.59. The van der Waals surface area contributed by atoms with Gasteiger partial charge in [-0.3, -0.25) is 0 Å². The van der Waals surface area contributed by atoms with Crippen LogP contribution in [0.5, 0.6) is 0 Å². The first-order valence-corrected chi connectivity index (χ1v) is 9.48. The van der Waals surface area contributed by atoms with Crippen LogP contribution < -0.4 is 4.90 Å². The summed E-state index contributed by atoms with van der Waals surface area (Å²) < 4.78 is 24.2. The number of halogens is 1. The number of carbonyl (C=O) groups is 2. The highest BCUT2D eigenvalue weighted by Crippen LogP contribution is 2.46. The van der Waals surface area contributed by atoms with E-state index in [2.05, 4.69) is 0 Å². The summed E-state index contributed by atoms with van der Waals surface area (Å²) in [6.07, 6.45) is 0.555. The van der Waals surface area contributed by atoms with Gasteiger partial charge in [0.1, 0.15) is 5.82 Å². The molecule has 0 N–H and O–H groups in total. The number of rotatable bonds is 6. The Labute approximate surface area is 164 Å². The lowest BCUT2D eigenvalue weighted by molar-refractivity contribution is -0.164. The smallest absolute Gasteiger partial charge is 0.344 e. The lowest BCUT2D eigenvalue weighted by Gasteiger charge is -2.39. The highest BCUT2D eigenvalue weighted by molar-refractivity contribution is 6.10. The number of anilines is 1. The molecule has 148 valence electrons. The summed E-state index contributed by atoms with van der Waals surface area (Å²) in [4.78, 5) is 28.3. The lowest BCUT2D eigenvalue weighted by Crippen LogP contribution is -2.61. The average Bonchev–Trinajstić information content (AvgIpc) is 3.11. The Kier molecular flexibility index (Phi) is 5.97. The largest absolute Gasteiger partial charge is 0.464 e. The van der Waals surface area contributed by atoms with Crippen molar-refractivity contribution >= 4 is 17.6 Å². The van der Waals surface area contributed by atoms with Crippen LogP contribution in [0.4, 0.5) is 10.1 Å². The number of hydrogen-bond acceptors (Lipinski definition) is 5. The van der Waals surface area contributed by atoms with Gasteiger partial charge in [0.25, 0.3) is 0 Å². The van der Waals surface area contributed by atoms with E-state index in [4.69, 9.17) is 9.47 Å². The summed E-state index contributed by atoms with van der Waals surface area (Å²) >= 11 is 0. The predicted molar refractivity (Wildman–Crippen MR) is 104 cm³/mol. The molecule has 2 aromatic carbocycles. The van der Waals surface area contributed by atoms with Gasteiger partial charge in [0.05, 0.1) is 13.2 Å². The van der Waals surface area contributed by atoms with Crippen LogP contribution in [0.1, 0.15) is 31.7 Å². The topological polar surface area (TPSA) is 55.8 Å². The van der Waals surface area contributed by atoms with E-state index in [9.17, 15) is 14.0 Å². The maximum Gasteiger partial charge on any atom is 0.344 e. The molecule has 1 heterocycles. The van der Waals surface area contributed by atoms with Gasteiger partial charge >= 0.3 is 11.9 Å². The van der Waals surface area contributed by atoms with E-state index >= 15 is 0 Å². The Morgan fingerprint density at radius 1 is 1.00 bits per heavy atom. The fraction of sp³-hybridized carbons (Fsp3) is 0.364. The van der Waals surface area contributed by atoms with Gasteiger partial charge in [0.15, 0.2) is 0 Å². The Morgan fingerprint density at radius 2 is 1.57 bits per heavy atom. The molecule has 0 spiro atoms. The summed E-state index contributed by atoms with van der Waals surface area (Å²) in [5, 5.41) is 0. The third kappa shape index (κ3) is 3.35. The van der Waals surface area contributed by atoms with E-state index in [0.29, 0.717) is 18.7 Å². The third-order valence-electron chi connectivity index (χ3n) is 5.08. The highest BCUT2D eigenvalue weighted by Gasteiger charge is 2.63. The van der Waals surface area contributed by atoms with Gasteiger partial charge in [0, 0.05) is 18.2 Å². The minimum absolute atomic E-state index is 0.138. The maximum absolute atomic E-state index is 13.5. The summed E-state index contributed by atoms with van der Waals surface area (Å²) in [5.74, 6) is -2.13.